The summed E-state index contributed by atoms with van der Waals surface area (Å²) in [5.41, 5.74) is 29.6. The van der Waals surface area contributed by atoms with Crippen LogP contribution in [0.3, 0.4) is 0 Å². The Labute approximate surface area is 493 Å². The van der Waals surface area contributed by atoms with E-state index in [9.17, 15) is 0 Å². The SMILES string of the molecule is Cc1cc(N(c2ccc(C(C)(C)C)cc2)c2ccc3c4cc5c(cc4n4c6ccccc6c2c34)c2ccc(N(c3ccc(C(C)(C)C)cc3)c3cc(C)c(C)c(C)c3-c3ccccc3)c3c4ccccc4n5c23)c(-c2ccccc2)c(C)c1C. The fraction of sp³-hybridized carbons (Fsp3) is 0.175. The lowest BCUT2D eigenvalue weighted by atomic mass is 9.87. The molecule has 11 aromatic carbocycles. The highest BCUT2D eigenvalue weighted by Crippen LogP contribution is 2.54. The molecule has 0 radical (unpaired) electrons. The summed E-state index contributed by atoms with van der Waals surface area (Å²) in [6, 6.07) is 78.4. The van der Waals surface area contributed by atoms with Gasteiger partial charge in [-0.15, -0.1) is 0 Å². The van der Waals surface area contributed by atoms with Crippen LogP contribution in [0.25, 0.3) is 98.4 Å². The van der Waals surface area contributed by atoms with Crippen molar-refractivity contribution in [2.45, 2.75) is 93.9 Å². The molecule has 4 heterocycles. The van der Waals surface area contributed by atoms with Crippen LogP contribution in [0.5, 0.6) is 0 Å². The highest BCUT2D eigenvalue weighted by Gasteiger charge is 2.31. The van der Waals surface area contributed by atoms with Gasteiger partial charge < -0.3 is 18.6 Å². The number of nitrogens with zero attached hydrogens (tertiary/aromatic N) is 4. The molecule has 4 heteroatoms. The van der Waals surface area contributed by atoms with E-state index in [-0.39, 0.29) is 10.8 Å². The normalized spacial score (nSPS) is 12.5. The summed E-state index contributed by atoms with van der Waals surface area (Å²) in [5.74, 6) is 0. The van der Waals surface area contributed by atoms with Crippen LogP contribution in [0.4, 0.5) is 34.1 Å². The third-order valence-electron chi connectivity index (χ3n) is 19.1. The molecule has 0 spiro atoms. The van der Waals surface area contributed by atoms with Gasteiger partial charge in [0.1, 0.15) is 0 Å². The molecule has 15 aromatic rings. The summed E-state index contributed by atoms with van der Waals surface area (Å²) in [5, 5.41) is 9.97. The van der Waals surface area contributed by atoms with Crippen molar-refractivity contribution in [3.05, 3.63) is 251 Å². The number of hydrogen-bond donors (Lipinski definition) is 0. The van der Waals surface area contributed by atoms with Crippen LogP contribution < -0.4 is 9.80 Å². The van der Waals surface area contributed by atoms with Gasteiger partial charge in [-0.1, -0.05) is 175 Å². The maximum Gasteiger partial charge on any atom is 0.0641 e. The zero-order chi connectivity index (χ0) is 57.8. The van der Waals surface area contributed by atoms with Gasteiger partial charge in [0.25, 0.3) is 0 Å². The minimum atomic E-state index is 0.00987. The average molecular weight is 1090 g/mol. The lowest BCUT2D eigenvalue weighted by Gasteiger charge is -2.31. The van der Waals surface area contributed by atoms with Crippen molar-refractivity contribution in [1.82, 2.24) is 8.80 Å². The van der Waals surface area contributed by atoms with Crippen molar-refractivity contribution in [3.8, 4) is 22.3 Å². The van der Waals surface area contributed by atoms with E-state index in [1.807, 2.05) is 0 Å². The fourth-order valence-electron chi connectivity index (χ4n) is 14.3. The predicted octanol–water partition coefficient (Wildman–Crippen LogP) is 22.7. The first-order valence-corrected chi connectivity index (χ1v) is 29.9. The Balaban J connectivity index is 1.02. The molecule has 0 amide bonds. The molecule has 0 fully saturated rings. The molecule has 0 saturated heterocycles. The molecule has 0 aliphatic heterocycles. The van der Waals surface area contributed by atoms with Gasteiger partial charge in [-0.3, -0.25) is 0 Å². The maximum absolute atomic E-state index is 2.58. The van der Waals surface area contributed by atoms with Gasteiger partial charge in [-0.05, 0) is 181 Å². The summed E-state index contributed by atoms with van der Waals surface area (Å²) in [7, 11) is 0. The lowest BCUT2D eigenvalue weighted by Crippen LogP contribution is -2.15. The molecule has 0 aliphatic rings. The molecule has 0 unspecified atom stereocenters. The van der Waals surface area contributed by atoms with Crippen molar-refractivity contribution in [2.75, 3.05) is 9.80 Å². The van der Waals surface area contributed by atoms with Crippen molar-refractivity contribution in [1.29, 1.82) is 0 Å². The van der Waals surface area contributed by atoms with Crippen LogP contribution in [0.1, 0.15) is 86.1 Å². The molecule has 84 heavy (non-hydrogen) atoms. The second kappa shape index (κ2) is 18.6. The molecule has 0 N–H and O–H groups in total. The first-order chi connectivity index (χ1) is 40.5. The van der Waals surface area contributed by atoms with Crippen LogP contribution in [-0.4, -0.2) is 8.80 Å². The summed E-state index contributed by atoms with van der Waals surface area (Å²) in [6.45, 7) is 27.5. The molecule has 0 bridgehead atoms. The van der Waals surface area contributed by atoms with Crippen LogP contribution in [0.2, 0.25) is 0 Å². The lowest BCUT2D eigenvalue weighted by molar-refractivity contribution is 0.590. The molecular weight excluding hydrogens is 1020 g/mol. The first-order valence-electron chi connectivity index (χ1n) is 29.9. The minimum absolute atomic E-state index is 0.00987. The topological polar surface area (TPSA) is 15.3 Å². The van der Waals surface area contributed by atoms with Crippen molar-refractivity contribution >= 4 is 110 Å². The standard InChI is InChI=1S/C80H70N4/c1-47-43-71(73(51(5)49(47)3)53-23-15-13-16-24-53)81(57-35-31-55(32-36-57)79(7,8)9)67-41-39-59-63-45-70-64(46-69(63)83-65-29-21-19-27-61(65)75(67)77(59)83)60-40-42-68(76-62-28-20-22-30-66(62)84(70)78(60)76)82(58-37-33-56(34-38-58)80(10,11)12)72-44-48(2)50(4)52(6)74(72)54-25-17-14-18-26-54/h13-46H,1-12H3. The number of aryl methyl sites for hydroxylation is 2. The van der Waals surface area contributed by atoms with Crippen LogP contribution >= 0.6 is 0 Å². The van der Waals surface area contributed by atoms with Gasteiger partial charge >= 0.3 is 0 Å². The second-order valence-electron chi connectivity index (χ2n) is 26.0. The van der Waals surface area contributed by atoms with E-state index in [2.05, 4.69) is 308 Å². The van der Waals surface area contributed by atoms with Gasteiger partial charge in [0.15, 0.2) is 0 Å². The monoisotopic (exact) mass is 1090 g/mol. The molecule has 15 rings (SSSR count). The average Bonchev–Trinajstić information content (AvgIpc) is 1.55. The minimum Gasteiger partial charge on any atom is -0.309 e. The smallest absolute Gasteiger partial charge is 0.0641 e. The Bertz CT molecular complexity index is 4790. The Kier molecular flexibility index (Phi) is 11.4. The number of benzene rings is 11. The van der Waals surface area contributed by atoms with E-state index in [0.717, 1.165) is 22.7 Å². The third kappa shape index (κ3) is 7.52. The van der Waals surface area contributed by atoms with E-state index in [1.54, 1.807) is 0 Å². The predicted molar refractivity (Wildman–Crippen MR) is 362 cm³/mol. The first kappa shape index (κ1) is 51.5. The van der Waals surface area contributed by atoms with Gasteiger partial charge in [-0.2, -0.15) is 0 Å². The third-order valence-corrected chi connectivity index (χ3v) is 19.1. The van der Waals surface area contributed by atoms with Crippen LogP contribution in [0.15, 0.2) is 206 Å². The zero-order valence-electron chi connectivity index (χ0n) is 50.4. The zero-order valence-corrected chi connectivity index (χ0v) is 50.4. The van der Waals surface area contributed by atoms with Gasteiger partial charge in [0, 0.05) is 65.6 Å². The molecule has 410 valence electrons. The van der Waals surface area contributed by atoms with Crippen molar-refractivity contribution in [3.63, 3.8) is 0 Å². The summed E-state index contributed by atoms with van der Waals surface area (Å²) in [4.78, 5) is 5.13. The van der Waals surface area contributed by atoms with Crippen LogP contribution in [0, 0.1) is 41.5 Å². The van der Waals surface area contributed by atoms with E-state index >= 15 is 0 Å². The second-order valence-corrected chi connectivity index (χ2v) is 26.0. The van der Waals surface area contributed by atoms with Crippen molar-refractivity contribution in [2.24, 2.45) is 0 Å². The number of fused-ring (bicyclic) bond motifs is 12. The van der Waals surface area contributed by atoms with E-state index in [1.165, 1.54) is 154 Å². The number of rotatable bonds is 8. The fourth-order valence-corrected chi connectivity index (χ4v) is 14.3. The van der Waals surface area contributed by atoms with Crippen molar-refractivity contribution < 1.29 is 0 Å². The number of aromatic nitrogens is 2. The molecule has 0 atom stereocenters. The Morgan fingerprint density at radius 3 is 1.02 bits per heavy atom. The van der Waals surface area contributed by atoms with Crippen LogP contribution in [-0.2, 0) is 10.8 Å². The van der Waals surface area contributed by atoms with E-state index in [4.69, 9.17) is 0 Å². The number of para-hydroxylation sites is 2. The van der Waals surface area contributed by atoms with Gasteiger partial charge in [-0.25, -0.2) is 0 Å². The van der Waals surface area contributed by atoms with E-state index in [0.29, 0.717) is 0 Å². The Morgan fingerprint density at radius 1 is 0.298 bits per heavy atom. The number of anilines is 6. The number of hydrogen-bond acceptors (Lipinski definition) is 2. The highest BCUT2D eigenvalue weighted by atomic mass is 15.2. The molecule has 0 saturated carbocycles. The largest absolute Gasteiger partial charge is 0.309 e. The Hall–Kier alpha value is -9.38. The summed E-state index contributed by atoms with van der Waals surface area (Å²) >= 11 is 0. The molecule has 4 aromatic heterocycles. The summed E-state index contributed by atoms with van der Waals surface area (Å²) < 4.78 is 5.16. The summed E-state index contributed by atoms with van der Waals surface area (Å²) in [6.07, 6.45) is 0. The maximum atomic E-state index is 2.58. The molecular formula is C80H70N4. The van der Waals surface area contributed by atoms with Gasteiger partial charge in [0.05, 0.1) is 55.8 Å². The Morgan fingerprint density at radius 2 is 0.655 bits per heavy atom. The highest BCUT2D eigenvalue weighted by molar-refractivity contribution is 6.32. The quantitative estimate of drug-likeness (QED) is 0.151. The van der Waals surface area contributed by atoms with E-state index < -0.39 is 0 Å². The molecule has 4 nitrogen and oxygen atoms in total. The molecule has 0 aliphatic carbocycles. The van der Waals surface area contributed by atoms with Gasteiger partial charge in [0.2, 0.25) is 0 Å².